The second-order valence-corrected chi connectivity index (χ2v) is 5.66. The molecule has 1 aromatic heterocycles. The summed E-state index contributed by atoms with van der Waals surface area (Å²) in [5, 5.41) is 0. The molecule has 0 aliphatic carbocycles. The lowest BCUT2D eigenvalue weighted by Crippen LogP contribution is -2.10. The van der Waals surface area contributed by atoms with E-state index in [1.54, 1.807) is 38.3 Å². The van der Waals surface area contributed by atoms with Crippen LogP contribution in [-0.4, -0.2) is 24.3 Å². The molecule has 0 aliphatic rings. The molecule has 0 amide bonds. The molecule has 2 N–H and O–H groups in total. The predicted octanol–water partition coefficient (Wildman–Crippen LogP) is 3.60. The van der Waals surface area contributed by atoms with Crippen LogP contribution in [0, 0.1) is 19.7 Å². The smallest absolute Gasteiger partial charge is 0.357 e. The number of anilines is 1. The number of pyridine rings is 1. The first-order valence-electron chi connectivity index (χ1n) is 6.59. The number of esters is 1. The first-order chi connectivity index (χ1) is 10.4. The Hall–Kier alpha value is -2.08. The summed E-state index contributed by atoms with van der Waals surface area (Å²) in [5.74, 6) is -0.852. The van der Waals surface area contributed by atoms with Crippen molar-refractivity contribution in [2.75, 3.05) is 19.1 Å². The summed E-state index contributed by atoms with van der Waals surface area (Å²) in [6, 6.07) is 5.11. The van der Waals surface area contributed by atoms with Gasteiger partial charge in [-0.1, -0.05) is 12.1 Å². The normalized spacial score (nSPS) is 10.6. The van der Waals surface area contributed by atoms with Crippen LogP contribution in [0.15, 0.2) is 23.1 Å². The van der Waals surface area contributed by atoms with Crippen molar-refractivity contribution in [3.63, 3.8) is 0 Å². The number of hydrogen-bond donors (Lipinski definition) is 1. The number of nitrogens with zero attached hydrogens (tertiary/aromatic N) is 1. The van der Waals surface area contributed by atoms with Crippen LogP contribution in [0.1, 0.15) is 21.6 Å². The Morgan fingerprint density at radius 2 is 2.05 bits per heavy atom. The maximum absolute atomic E-state index is 14.3. The van der Waals surface area contributed by atoms with Crippen LogP contribution in [0.2, 0.25) is 0 Å². The third kappa shape index (κ3) is 2.78. The van der Waals surface area contributed by atoms with E-state index in [4.69, 9.17) is 10.5 Å². The fourth-order valence-corrected chi connectivity index (χ4v) is 2.85. The fraction of sp³-hybridized carbons (Fsp3) is 0.250. The van der Waals surface area contributed by atoms with Gasteiger partial charge in [0.25, 0.3) is 0 Å². The number of carbonyl (C=O) groups is 1. The summed E-state index contributed by atoms with van der Waals surface area (Å²) in [7, 11) is 1.28. The molecule has 2 rings (SSSR count). The lowest BCUT2D eigenvalue weighted by molar-refractivity contribution is 0.0593. The van der Waals surface area contributed by atoms with Gasteiger partial charge >= 0.3 is 5.97 Å². The largest absolute Gasteiger partial charge is 0.464 e. The number of thioether (sulfide) groups is 1. The monoisotopic (exact) mass is 320 g/mol. The van der Waals surface area contributed by atoms with E-state index in [1.807, 2.05) is 0 Å². The number of carbonyl (C=O) groups excluding carboxylic acids is 1. The zero-order valence-corrected chi connectivity index (χ0v) is 13.7. The van der Waals surface area contributed by atoms with Crippen molar-refractivity contribution in [2.24, 2.45) is 0 Å². The van der Waals surface area contributed by atoms with Gasteiger partial charge in [-0.15, -0.1) is 11.8 Å². The van der Waals surface area contributed by atoms with Gasteiger partial charge in [0.1, 0.15) is 5.82 Å². The minimum absolute atomic E-state index is 0.144. The highest BCUT2D eigenvalue weighted by Crippen LogP contribution is 2.34. The highest BCUT2D eigenvalue weighted by Gasteiger charge is 2.19. The number of nitrogens with two attached hydrogens (primary N) is 1. The molecule has 0 radical (unpaired) electrons. The van der Waals surface area contributed by atoms with E-state index in [1.165, 1.54) is 18.9 Å². The number of rotatable bonds is 3. The SMILES string of the molecule is COC(=O)c1nc(-c2ccc(C)c(F)c2SC)cc(N)c1C. The van der Waals surface area contributed by atoms with Gasteiger partial charge in [0.15, 0.2) is 5.69 Å². The number of benzene rings is 1. The van der Waals surface area contributed by atoms with Crippen molar-refractivity contribution in [1.82, 2.24) is 4.98 Å². The van der Waals surface area contributed by atoms with Crippen LogP contribution in [0.25, 0.3) is 11.3 Å². The first-order valence-corrected chi connectivity index (χ1v) is 7.82. The van der Waals surface area contributed by atoms with Gasteiger partial charge in [0, 0.05) is 16.8 Å². The zero-order valence-electron chi connectivity index (χ0n) is 12.9. The Balaban J connectivity index is 2.71. The molecule has 2 aromatic rings. The molecule has 0 saturated heterocycles. The quantitative estimate of drug-likeness (QED) is 0.691. The van der Waals surface area contributed by atoms with Crippen LogP contribution >= 0.6 is 11.8 Å². The number of ether oxygens (including phenoxy) is 1. The summed E-state index contributed by atoms with van der Waals surface area (Å²) in [5.41, 5.74) is 8.68. The second kappa shape index (κ2) is 6.36. The topological polar surface area (TPSA) is 65.2 Å². The summed E-state index contributed by atoms with van der Waals surface area (Å²) < 4.78 is 19.0. The predicted molar refractivity (Wildman–Crippen MR) is 86.6 cm³/mol. The maximum Gasteiger partial charge on any atom is 0.357 e. The van der Waals surface area contributed by atoms with Gasteiger partial charge in [0.05, 0.1) is 17.7 Å². The van der Waals surface area contributed by atoms with E-state index in [2.05, 4.69) is 4.98 Å². The standard InChI is InChI=1S/C16H17FN2O2S/c1-8-5-6-10(15(22-4)13(8)17)12-7-11(18)9(2)14(19-12)16(20)21-3/h5-7H,1-4H3,(H2,18,19). The number of aromatic nitrogens is 1. The van der Waals surface area contributed by atoms with Gasteiger partial charge in [0.2, 0.25) is 0 Å². The van der Waals surface area contributed by atoms with Crippen molar-refractivity contribution in [1.29, 1.82) is 0 Å². The van der Waals surface area contributed by atoms with Crippen molar-refractivity contribution in [3.05, 3.63) is 40.8 Å². The lowest BCUT2D eigenvalue weighted by Gasteiger charge is -2.13. The molecular formula is C16H17FN2O2S. The molecule has 0 aliphatic heterocycles. The Morgan fingerprint density at radius 3 is 2.64 bits per heavy atom. The summed E-state index contributed by atoms with van der Waals surface area (Å²) in [6.45, 7) is 3.40. The molecule has 0 fully saturated rings. The molecular weight excluding hydrogens is 303 g/mol. The highest BCUT2D eigenvalue weighted by molar-refractivity contribution is 7.98. The summed E-state index contributed by atoms with van der Waals surface area (Å²) >= 11 is 1.29. The molecule has 0 spiro atoms. The van der Waals surface area contributed by atoms with Crippen molar-refractivity contribution >= 4 is 23.4 Å². The Bertz CT molecular complexity index is 747. The van der Waals surface area contributed by atoms with Crippen molar-refractivity contribution in [3.8, 4) is 11.3 Å². The van der Waals surface area contributed by atoms with Gasteiger partial charge in [-0.25, -0.2) is 14.2 Å². The number of aryl methyl sites for hydroxylation is 1. The first kappa shape index (κ1) is 16.3. The van der Waals surface area contributed by atoms with Gasteiger partial charge in [-0.05, 0) is 31.7 Å². The third-order valence-corrected chi connectivity index (χ3v) is 4.27. The summed E-state index contributed by atoms with van der Waals surface area (Å²) in [4.78, 5) is 16.6. The molecule has 0 bridgehead atoms. The summed E-state index contributed by atoms with van der Waals surface area (Å²) in [6.07, 6.45) is 1.79. The molecule has 22 heavy (non-hydrogen) atoms. The molecule has 1 aromatic carbocycles. The number of methoxy groups -OCH3 is 1. The molecule has 0 atom stereocenters. The zero-order chi connectivity index (χ0) is 16.4. The number of nitrogen functional groups attached to an aromatic ring is 1. The van der Waals surface area contributed by atoms with E-state index in [9.17, 15) is 9.18 Å². The molecule has 116 valence electrons. The molecule has 0 unspecified atom stereocenters. The minimum atomic E-state index is -0.565. The Kier molecular flexibility index (Phi) is 4.71. The molecule has 1 heterocycles. The number of halogens is 1. The van der Waals surface area contributed by atoms with Crippen LogP contribution in [0.4, 0.5) is 10.1 Å². The van der Waals surface area contributed by atoms with Crippen LogP contribution < -0.4 is 5.73 Å². The average molecular weight is 320 g/mol. The van der Waals surface area contributed by atoms with E-state index in [0.717, 1.165) is 0 Å². The fourth-order valence-electron chi connectivity index (χ4n) is 2.12. The molecule has 0 saturated carbocycles. The Labute approximate surface area is 132 Å². The lowest BCUT2D eigenvalue weighted by atomic mass is 10.0. The Morgan fingerprint density at radius 1 is 1.36 bits per heavy atom. The van der Waals surface area contributed by atoms with Gasteiger partial charge in [-0.3, -0.25) is 0 Å². The van der Waals surface area contributed by atoms with Gasteiger partial charge < -0.3 is 10.5 Å². The molecule has 4 nitrogen and oxygen atoms in total. The van der Waals surface area contributed by atoms with Crippen LogP contribution in [0.5, 0.6) is 0 Å². The minimum Gasteiger partial charge on any atom is -0.464 e. The third-order valence-electron chi connectivity index (χ3n) is 3.46. The van der Waals surface area contributed by atoms with E-state index >= 15 is 0 Å². The van der Waals surface area contributed by atoms with Gasteiger partial charge in [-0.2, -0.15) is 0 Å². The van der Waals surface area contributed by atoms with Crippen molar-refractivity contribution in [2.45, 2.75) is 18.7 Å². The van der Waals surface area contributed by atoms with Crippen LogP contribution in [0.3, 0.4) is 0 Å². The van der Waals surface area contributed by atoms with Crippen molar-refractivity contribution < 1.29 is 13.9 Å². The highest BCUT2D eigenvalue weighted by atomic mass is 32.2. The number of hydrogen-bond acceptors (Lipinski definition) is 5. The average Bonchev–Trinajstić information content (AvgIpc) is 2.51. The molecule has 6 heteroatoms. The van der Waals surface area contributed by atoms with E-state index < -0.39 is 5.97 Å². The van der Waals surface area contributed by atoms with E-state index in [0.29, 0.717) is 33.0 Å². The van der Waals surface area contributed by atoms with E-state index in [-0.39, 0.29) is 11.5 Å². The van der Waals surface area contributed by atoms with Crippen LogP contribution in [-0.2, 0) is 4.74 Å². The second-order valence-electron chi connectivity index (χ2n) is 4.84. The maximum atomic E-state index is 14.3.